The summed E-state index contributed by atoms with van der Waals surface area (Å²) in [4.78, 5) is 34.9. The van der Waals surface area contributed by atoms with Gasteiger partial charge in [0.05, 0.1) is 0 Å². The number of amides is 1. The summed E-state index contributed by atoms with van der Waals surface area (Å²) in [5.74, 6) is -1.35. The summed E-state index contributed by atoms with van der Waals surface area (Å²) in [5.41, 5.74) is 0. The molecule has 0 radical (unpaired) electrons. The number of ether oxygens (including phenoxy) is 1. The monoisotopic (exact) mass is 688 g/mol. The smallest absolute Gasteiger partial charge is 0.322 e. The molecule has 6 nitrogen and oxygen atoms in total. The minimum absolute atomic E-state index is 0.102. The SMILES string of the molecule is CCCC/C=C\C/C=C\C(CCCCCCC(=O)NCC(=O)O)OC(=O)CCCCCCCCCCC/C=C\CCCCCCCCCC. The van der Waals surface area contributed by atoms with Gasteiger partial charge in [0, 0.05) is 12.8 Å². The van der Waals surface area contributed by atoms with Crippen molar-refractivity contribution >= 4 is 17.8 Å². The molecule has 0 rings (SSSR count). The molecule has 0 fully saturated rings. The van der Waals surface area contributed by atoms with Crippen LogP contribution in [-0.4, -0.2) is 35.6 Å². The molecule has 49 heavy (non-hydrogen) atoms. The van der Waals surface area contributed by atoms with Gasteiger partial charge in [-0.1, -0.05) is 160 Å². The molecule has 6 heteroatoms. The summed E-state index contributed by atoms with van der Waals surface area (Å²) >= 11 is 0. The standard InChI is InChI=1S/C43H77NO5/c1-3-5-7-9-11-12-13-14-15-16-17-18-19-20-21-22-23-24-26-28-34-38-43(48)49-40(35-31-27-25-10-8-6-4-2)36-32-29-30-33-37-41(45)44-39-42(46)47/h10,16-17,25,31,35,40H,3-9,11-15,18-24,26-30,32-34,36-39H2,1-2H3,(H,44,45)(H,46,47)/b17-16-,25-10-,35-31-. The molecular weight excluding hydrogens is 610 g/mol. The Balaban J connectivity index is 3.97. The first-order valence-electron chi connectivity index (χ1n) is 20.6. The van der Waals surface area contributed by atoms with E-state index < -0.39 is 5.97 Å². The largest absolute Gasteiger partial charge is 0.480 e. The van der Waals surface area contributed by atoms with E-state index in [1.54, 1.807) is 0 Å². The third kappa shape index (κ3) is 38.3. The van der Waals surface area contributed by atoms with Crippen LogP contribution in [0.3, 0.4) is 0 Å². The number of nitrogens with one attached hydrogen (secondary N) is 1. The summed E-state index contributed by atoms with van der Waals surface area (Å²) in [5, 5.41) is 11.1. The third-order valence-corrected chi connectivity index (χ3v) is 9.02. The van der Waals surface area contributed by atoms with Crippen LogP contribution in [0.5, 0.6) is 0 Å². The fourth-order valence-corrected chi connectivity index (χ4v) is 5.92. The van der Waals surface area contributed by atoms with Crippen LogP contribution in [0.1, 0.15) is 206 Å². The maximum atomic E-state index is 12.6. The van der Waals surface area contributed by atoms with Crippen molar-refractivity contribution in [2.45, 2.75) is 213 Å². The number of carbonyl (C=O) groups excluding carboxylic acids is 2. The molecule has 284 valence electrons. The Morgan fingerprint density at radius 3 is 1.59 bits per heavy atom. The maximum Gasteiger partial charge on any atom is 0.322 e. The van der Waals surface area contributed by atoms with Gasteiger partial charge in [-0.2, -0.15) is 0 Å². The van der Waals surface area contributed by atoms with Gasteiger partial charge in [-0.05, 0) is 70.3 Å². The van der Waals surface area contributed by atoms with Crippen LogP contribution in [0.25, 0.3) is 0 Å². The van der Waals surface area contributed by atoms with Gasteiger partial charge in [-0.25, -0.2) is 0 Å². The van der Waals surface area contributed by atoms with Gasteiger partial charge in [0.1, 0.15) is 12.6 Å². The number of unbranched alkanes of at least 4 members (excludes halogenated alkanes) is 22. The zero-order chi connectivity index (χ0) is 35.9. The topological polar surface area (TPSA) is 92.7 Å². The van der Waals surface area contributed by atoms with Crippen LogP contribution < -0.4 is 5.32 Å². The van der Waals surface area contributed by atoms with Crippen molar-refractivity contribution in [3.8, 4) is 0 Å². The van der Waals surface area contributed by atoms with Crippen LogP contribution in [0.4, 0.5) is 0 Å². The Hall–Kier alpha value is -2.37. The summed E-state index contributed by atoms with van der Waals surface area (Å²) < 4.78 is 5.86. The van der Waals surface area contributed by atoms with Crippen molar-refractivity contribution in [3.05, 3.63) is 36.5 Å². The molecule has 0 bridgehead atoms. The quantitative estimate of drug-likeness (QED) is 0.0385. The van der Waals surface area contributed by atoms with E-state index >= 15 is 0 Å². The molecule has 0 aliphatic heterocycles. The van der Waals surface area contributed by atoms with Crippen molar-refractivity contribution < 1.29 is 24.2 Å². The number of aliphatic carboxylic acids is 1. The fourth-order valence-electron chi connectivity index (χ4n) is 5.92. The first kappa shape index (κ1) is 46.6. The third-order valence-electron chi connectivity index (χ3n) is 9.02. The van der Waals surface area contributed by atoms with Gasteiger partial charge in [0.2, 0.25) is 5.91 Å². The van der Waals surface area contributed by atoms with E-state index in [1.165, 1.54) is 122 Å². The normalized spacial score (nSPS) is 12.4. The van der Waals surface area contributed by atoms with Gasteiger partial charge < -0.3 is 15.2 Å². The van der Waals surface area contributed by atoms with Gasteiger partial charge in [-0.15, -0.1) is 0 Å². The summed E-state index contributed by atoms with van der Waals surface area (Å²) in [6.45, 7) is 4.15. The van der Waals surface area contributed by atoms with Crippen molar-refractivity contribution in [3.63, 3.8) is 0 Å². The number of carbonyl (C=O) groups is 3. The van der Waals surface area contributed by atoms with E-state index in [0.29, 0.717) is 12.8 Å². The van der Waals surface area contributed by atoms with Crippen LogP contribution in [-0.2, 0) is 19.1 Å². The van der Waals surface area contributed by atoms with E-state index in [9.17, 15) is 14.4 Å². The molecular formula is C43H77NO5. The van der Waals surface area contributed by atoms with Gasteiger partial charge in [0.15, 0.2) is 0 Å². The molecule has 0 saturated heterocycles. The van der Waals surface area contributed by atoms with Crippen molar-refractivity contribution in [1.29, 1.82) is 0 Å². The number of rotatable bonds is 37. The minimum atomic E-state index is -1.03. The Labute approximate surface area is 302 Å². The molecule has 0 aliphatic carbocycles. The molecule has 0 aromatic heterocycles. The summed E-state index contributed by atoms with van der Waals surface area (Å²) in [7, 11) is 0. The highest BCUT2D eigenvalue weighted by Gasteiger charge is 2.12. The lowest BCUT2D eigenvalue weighted by Gasteiger charge is -2.14. The lowest BCUT2D eigenvalue weighted by atomic mass is 10.0. The number of esters is 1. The Morgan fingerprint density at radius 2 is 1.02 bits per heavy atom. The van der Waals surface area contributed by atoms with Crippen LogP contribution in [0, 0.1) is 0 Å². The molecule has 0 heterocycles. The zero-order valence-electron chi connectivity index (χ0n) is 32.0. The first-order chi connectivity index (χ1) is 24.0. The van der Waals surface area contributed by atoms with E-state index in [4.69, 9.17) is 9.84 Å². The second kappa shape index (κ2) is 38.4. The lowest BCUT2D eigenvalue weighted by Crippen LogP contribution is -2.28. The highest BCUT2D eigenvalue weighted by Crippen LogP contribution is 2.15. The van der Waals surface area contributed by atoms with Crippen molar-refractivity contribution in [2.24, 2.45) is 0 Å². The molecule has 1 amide bonds. The molecule has 1 unspecified atom stereocenters. The summed E-state index contributed by atoms with van der Waals surface area (Å²) in [6.07, 6.45) is 47.3. The highest BCUT2D eigenvalue weighted by atomic mass is 16.5. The predicted molar refractivity (Wildman–Crippen MR) is 208 cm³/mol. The second-order valence-corrected chi connectivity index (χ2v) is 13.9. The summed E-state index contributed by atoms with van der Waals surface area (Å²) in [6, 6.07) is 0. The molecule has 2 N–H and O–H groups in total. The fraction of sp³-hybridized carbons (Fsp3) is 0.791. The van der Waals surface area contributed by atoms with Crippen molar-refractivity contribution in [2.75, 3.05) is 6.54 Å². The molecule has 0 aromatic rings. The van der Waals surface area contributed by atoms with E-state index in [1.807, 2.05) is 6.08 Å². The van der Waals surface area contributed by atoms with Gasteiger partial charge in [0.25, 0.3) is 0 Å². The van der Waals surface area contributed by atoms with Crippen LogP contribution >= 0.6 is 0 Å². The van der Waals surface area contributed by atoms with Crippen LogP contribution in [0.15, 0.2) is 36.5 Å². The maximum absolute atomic E-state index is 12.6. The Kier molecular flexibility index (Phi) is 36.6. The van der Waals surface area contributed by atoms with Gasteiger partial charge >= 0.3 is 11.9 Å². The first-order valence-corrected chi connectivity index (χ1v) is 20.6. The van der Waals surface area contributed by atoms with E-state index in [2.05, 4.69) is 49.5 Å². The number of carboxylic acids is 1. The zero-order valence-corrected chi connectivity index (χ0v) is 32.0. The Bertz CT molecular complexity index is 849. The van der Waals surface area contributed by atoms with Crippen molar-refractivity contribution in [1.82, 2.24) is 5.32 Å². The molecule has 0 spiro atoms. The molecule has 0 aromatic carbocycles. The Morgan fingerprint density at radius 1 is 0.551 bits per heavy atom. The van der Waals surface area contributed by atoms with Gasteiger partial charge in [-0.3, -0.25) is 14.4 Å². The average Bonchev–Trinajstić information content (AvgIpc) is 3.08. The predicted octanol–water partition coefficient (Wildman–Crippen LogP) is 12.5. The van der Waals surface area contributed by atoms with E-state index in [-0.39, 0.29) is 24.5 Å². The number of allylic oxidation sites excluding steroid dienone is 5. The number of hydrogen-bond acceptors (Lipinski definition) is 4. The highest BCUT2D eigenvalue weighted by molar-refractivity contribution is 5.80. The van der Waals surface area contributed by atoms with Crippen LogP contribution in [0.2, 0.25) is 0 Å². The molecule has 1 atom stereocenters. The van der Waals surface area contributed by atoms with E-state index in [0.717, 1.165) is 57.8 Å². The lowest BCUT2D eigenvalue weighted by molar-refractivity contribution is -0.147. The molecule has 0 aliphatic rings. The number of carboxylic acid groups (broad SMARTS) is 1. The minimum Gasteiger partial charge on any atom is -0.480 e. The average molecular weight is 688 g/mol. The number of hydrogen-bond donors (Lipinski definition) is 2. The molecule has 0 saturated carbocycles. The second-order valence-electron chi connectivity index (χ2n) is 13.9.